The summed E-state index contributed by atoms with van der Waals surface area (Å²) >= 11 is 6.25. The number of nitrogens with one attached hydrogen (secondary N) is 1. The van der Waals surface area contributed by atoms with Crippen molar-refractivity contribution >= 4 is 11.6 Å². The zero-order valence-corrected chi connectivity index (χ0v) is 13.1. The Morgan fingerprint density at radius 3 is 3.00 bits per heavy atom. The average Bonchev–Trinajstić information content (AvgIpc) is 2.89. The van der Waals surface area contributed by atoms with Crippen LogP contribution in [0.1, 0.15) is 38.2 Å². The van der Waals surface area contributed by atoms with Gasteiger partial charge in [0.05, 0.1) is 0 Å². The lowest BCUT2D eigenvalue weighted by Crippen LogP contribution is -2.48. The Morgan fingerprint density at radius 1 is 1.30 bits per heavy atom. The van der Waals surface area contributed by atoms with E-state index in [-0.39, 0.29) is 0 Å². The Balaban J connectivity index is 1.51. The highest BCUT2D eigenvalue weighted by Crippen LogP contribution is 2.27. The predicted molar refractivity (Wildman–Crippen MR) is 85.4 cm³/mol. The molecule has 2 fully saturated rings. The lowest BCUT2D eigenvalue weighted by atomic mass is 9.96. The van der Waals surface area contributed by atoms with Crippen LogP contribution in [-0.2, 0) is 6.42 Å². The van der Waals surface area contributed by atoms with Gasteiger partial charge in [0.15, 0.2) is 0 Å². The van der Waals surface area contributed by atoms with E-state index in [4.69, 9.17) is 11.6 Å². The first-order chi connectivity index (χ1) is 9.72. The van der Waals surface area contributed by atoms with Crippen LogP contribution in [0, 0.1) is 0 Å². The predicted octanol–water partition coefficient (Wildman–Crippen LogP) is 3.49. The van der Waals surface area contributed by atoms with Gasteiger partial charge in [0.2, 0.25) is 0 Å². The maximum atomic E-state index is 6.25. The van der Waals surface area contributed by atoms with Crippen molar-refractivity contribution in [3.8, 4) is 0 Å². The van der Waals surface area contributed by atoms with Crippen LogP contribution in [0.15, 0.2) is 24.3 Å². The molecule has 2 saturated heterocycles. The molecule has 2 aliphatic rings. The fourth-order valence-corrected chi connectivity index (χ4v) is 4.04. The molecule has 0 spiro atoms. The zero-order valence-electron chi connectivity index (χ0n) is 12.3. The van der Waals surface area contributed by atoms with Gasteiger partial charge in [-0.15, -0.1) is 0 Å². The molecule has 3 rings (SSSR count). The first-order valence-electron chi connectivity index (χ1n) is 7.96. The number of hydrogen-bond donors (Lipinski definition) is 1. The van der Waals surface area contributed by atoms with Crippen LogP contribution in [-0.4, -0.2) is 36.1 Å². The fourth-order valence-electron chi connectivity index (χ4n) is 3.83. The third-order valence-electron chi connectivity index (χ3n) is 4.82. The molecule has 0 aliphatic carbocycles. The highest BCUT2D eigenvalue weighted by atomic mass is 35.5. The van der Waals surface area contributed by atoms with Crippen LogP contribution in [0.5, 0.6) is 0 Å². The minimum absolute atomic E-state index is 0.493. The second-order valence-corrected chi connectivity index (χ2v) is 6.82. The van der Waals surface area contributed by atoms with Crippen LogP contribution >= 0.6 is 11.6 Å². The summed E-state index contributed by atoms with van der Waals surface area (Å²) < 4.78 is 0. The summed E-state index contributed by atoms with van der Waals surface area (Å²) in [5.74, 6) is 0. The third kappa shape index (κ3) is 3.36. The van der Waals surface area contributed by atoms with Crippen molar-refractivity contribution in [3.05, 3.63) is 34.9 Å². The molecule has 1 N–H and O–H groups in total. The molecule has 2 heterocycles. The van der Waals surface area contributed by atoms with E-state index in [0.717, 1.165) is 17.5 Å². The molecule has 3 unspecified atom stereocenters. The van der Waals surface area contributed by atoms with Crippen LogP contribution in [0.3, 0.4) is 0 Å². The maximum absolute atomic E-state index is 6.25. The number of piperidine rings is 1. The van der Waals surface area contributed by atoms with Crippen molar-refractivity contribution in [2.75, 3.05) is 13.1 Å². The van der Waals surface area contributed by atoms with Gasteiger partial charge in [-0.25, -0.2) is 0 Å². The van der Waals surface area contributed by atoms with Crippen molar-refractivity contribution in [2.24, 2.45) is 0 Å². The van der Waals surface area contributed by atoms with Gasteiger partial charge in [0, 0.05) is 23.1 Å². The van der Waals surface area contributed by atoms with Gasteiger partial charge in [0.25, 0.3) is 0 Å². The molecule has 0 saturated carbocycles. The SMILES string of the molecule is CC(Cc1ccccc1Cl)NC1CCN2CCCC2C1. The highest BCUT2D eigenvalue weighted by Gasteiger charge is 2.31. The maximum Gasteiger partial charge on any atom is 0.0438 e. The minimum Gasteiger partial charge on any atom is -0.311 e. The molecular weight excluding hydrogens is 268 g/mol. The first kappa shape index (κ1) is 14.4. The second kappa shape index (κ2) is 6.46. The Morgan fingerprint density at radius 2 is 2.15 bits per heavy atom. The van der Waals surface area contributed by atoms with E-state index in [1.807, 2.05) is 12.1 Å². The van der Waals surface area contributed by atoms with Gasteiger partial charge in [0.1, 0.15) is 0 Å². The third-order valence-corrected chi connectivity index (χ3v) is 5.19. The van der Waals surface area contributed by atoms with Crippen molar-refractivity contribution in [1.29, 1.82) is 0 Å². The van der Waals surface area contributed by atoms with Crippen molar-refractivity contribution in [2.45, 2.75) is 57.2 Å². The molecule has 0 bridgehead atoms. The molecule has 0 aromatic heterocycles. The second-order valence-electron chi connectivity index (χ2n) is 6.42. The molecule has 0 radical (unpaired) electrons. The number of hydrogen-bond acceptors (Lipinski definition) is 2. The van der Waals surface area contributed by atoms with Gasteiger partial charge in [-0.2, -0.15) is 0 Å². The number of fused-ring (bicyclic) bond motifs is 1. The van der Waals surface area contributed by atoms with Gasteiger partial charge >= 0.3 is 0 Å². The van der Waals surface area contributed by atoms with Crippen LogP contribution in [0.4, 0.5) is 0 Å². The minimum atomic E-state index is 0.493. The molecule has 20 heavy (non-hydrogen) atoms. The van der Waals surface area contributed by atoms with E-state index < -0.39 is 0 Å². The first-order valence-corrected chi connectivity index (χ1v) is 8.33. The van der Waals surface area contributed by atoms with E-state index in [2.05, 4.69) is 29.3 Å². The van der Waals surface area contributed by atoms with Crippen molar-refractivity contribution in [3.63, 3.8) is 0 Å². The topological polar surface area (TPSA) is 15.3 Å². The van der Waals surface area contributed by atoms with Gasteiger partial charge < -0.3 is 10.2 Å². The van der Waals surface area contributed by atoms with E-state index in [1.54, 1.807) is 0 Å². The largest absolute Gasteiger partial charge is 0.311 e. The van der Waals surface area contributed by atoms with Crippen LogP contribution in [0.25, 0.3) is 0 Å². The summed E-state index contributed by atoms with van der Waals surface area (Å²) in [6.45, 7) is 4.89. The van der Waals surface area contributed by atoms with Gasteiger partial charge in [-0.1, -0.05) is 29.8 Å². The molecule has 3 atom stereocenters. The van der Waals surface area contributed by atoms with Crippen molar-refractivity contribution in [1.82, 2.24) is 10.2 Å². The standard InChI is InChI=1S/C17H25ClN2/c1-13(11-14-5-2-3-7-17(14)18)19-15-8-10-20-9-4-6-16(20)12-15/h2-3,5,7,13,15-16,19H,4,6,8-12H2,1H3. The highest BCUT2D eigenvalue weighted by molar-refractivity contribution is 6.31. The molecular formula is C17H25ClN2. The average molecular weight is 293 g/mol. The van der Waals surface area contributed by atoms with Crippen molar-refractivity contribution < 1.29 is 0 Å². The summed E-state index contributed by atoms with van der Waals surface area (Å²) in [7, 11) is 0. The molecule has 2 nitrogen and oxygen atoms in total. The normalized spacial score (nSPS) is 28.3. The number of rotatable bonds is 4. The van der Waals surface area contributed by atoms with E-state index in [1.165, 1.54) is 44.3 Å². The van der Waals surface area contributed by atoms with Gasteiger partial charge in [-0.3, -0.25) is 0 Å². The fraction of sp³-hybridized carbons (Fsp3) is 0.647. The molecule has 0 amide bonds. The number of nitrogens with zero attached hydrogens (tertiary/aromatic N) is 1. The Kier molecular flexibility index (Phi) is 4.65. The monoisotopic (exact) mass is 292 g/mol. The molecule has 3 heteroatoms. The molecule has 1 aromatic carbocycles. The number of halogens is 1. The summed E-state index contributed by atoms with van der Waals surface area (Å²) in [6, 6.07) is 10.2. The van der Waals surface area contributed by atoms with E-state index in [0.29, 0.717) is 12.1 Å². The molecule has 1 aromatic rings. The molecule has 2 aliphatic heterocycles. The smallest absolute Gasteiger partial charge is 0.0438 e. The lowest BCUT2D eigenvalue weighted by molar-refractivity contribution is 0.162. The molecule has 110 valence electrons. The quantitative estimate of drug-likeness (QED) is 0.914. The summed E-state index contributed by atoms with van der Waals surface area (Å²) in [5.41, 5.74) is 1.26. The van der Waals surface area contributed by atoms with Crippen LogP contribution in [0.2, 0.25) is 5.02 Å². The number of benzene rings is 1. The lowest BCUT2D eigenvalue weighted by Gasteiger charge is -2.36. The van der Waals surface area contributed by atoms with Crippen LogP contribution < -0.4 is 5.32 Å². The van der Waals surface area contributed by atoms with E-state index >= 15 is 0 Å². The van der Waals surface area contributed by atoms with E-state index in [9.17, 15) is 0 Å². The summed E-state index contributed by atoms with van der Waals surface area (Å²) in [5, 5.41) is 4.72. The zero-order chi connectivity index (χ0) is 13.9. The summed E-state index contributed by atoms with van der Waals surface area (Å²) in [4.78, 5) is 2.68. The Labute approximate surface area is 127 Å². The summed E-state index contributed by atoms with van der Waals surface area (Å²) in [6.07, 6.45) is 6.43. The van der Waals surface area contributed by atoms with Gasteiger partial charge in [-0.05, 0) is 63.7 Å². The Bertz CT molecular complexity index is 448. The Hall–Kier alpha value is -0.570.